The van der Waals surface area contributed by atoms with Crippen LogP contribution < -0.4 is 5.32 Å². The van der Waals surface area contributed by atoms with Gasteiger partial charge in [-0.1, -0.05) is 63.2 Å². The third-order valence-corrected chi connectivity index (χ3v) is 7.81. The Kier molecular flexibility index (Phi) is 8.09. The molecule has 1 saturated heterocycles. The standard InChI is InChI=1S/C25H35N3O3S/c1-25(2,3)23-11-9-22(10-12-23)24(29)26-14-20-32(30,31)28-18-16-27(17-19-28)15-13-21-7-5-4-6-8-21/h4-12H,13-20H2,1-3H3,(H,26,29). The molecule has 0 atom stereocenters. The van der Waals surface area contributed by atoms with Crippen LogP contribution in [0.4, 0.5) is 0 Å². The molecule has 6 nitrogen and oxygen atoms in total. The maximum absolute atomic E-state index is 12.7. The van der Waals surface area contributed by atoms with Crippen LogP contribution >= 0.6 is 0 Å². The number of hydrogen-bond acceptors (Lipinski definition) is 4. The molecule has 1 fully saturated rings. The molecular formula is C25H35N3O3S. The molecule has 1 N–H and O–H groups in total. The smallest absolute Gasteiger partial charge is 0.251 e. The van der Waals surface area contributed by atoms with Crippen LogP contribution in [0.25, 0.3) is 0 Å². The third-order valence-electron chi connectivity index (χ3n) is 5.94. The van der Waals surface area contributed by atoms with E-state index < -0.39 is 10.0 Å². The van der Waals surface area contributed by atoms with Gasteiger partial charge in [-0.3, -0.25) is 4.79 Å². The minimum Gasteiger partial charge on any atom is -0.351 e. The maximum Gasteiger partial charge on any atom is 0.251 e. The number of sulfonamides is 1. The first-order valence-corrected chi connectivity index (χ1v) is 12.9. The summed E-state index contributed by atoms with van der Waals surface area (Å²) in [6.07, 6.45) is 0.969. The molecule has 0 aromatic heterocycles. The molecule has 2 aromatic rings. The van der Waals surface area contributed by atoms with Gasteiger partial charge in [-0.2, -0.15) is 4.31 Å². The molecule has 3 rings (SSSR count). The predicted molar refractivity (Wildman–Crippen MR) is 129 cm³/mol. The summed E-state index contributed by atoms with van der Waals surface area (Å²) in [6.45, 7) is 9.87. The van der Waals surface area contributed by atoms with Gasteiger partial charge in [0, 0.05) is 44.8 Å². The molecular weight excluding hydrogens is 422 g/mol. The van der Waals surface area contributed by atoms with Crippen LogP contribution in [0.2, 0.25) is 0 Å². The topological polar surface area (TPSA) is 69.7 Å². The Hall–Kier alpha value is -2.22. The lowest BCUT2D eigenvalue weighted by Gasteiger charge is -2.34. The fourth-order valence-corrected chi connectivity index (χ4v) is 5.15. The van der Waals surface area contributed by atoms with E-state index in [1.54, 1.807) is 16.4 Å². The summed E-state index contributed by atoms with van der Waals surface area (Å²) in [4.78, 5) is 14.7. The molecule has 7 heteroatoms. The normalized spacial score (nSPS) is 16.1. The highest BCUT2D eigenvalue weighted by Crippen LogP contribution is 2.22. The zero-order chi connectivity index (χ0) is 23.2. The van der Waals surface area contributed by atoms with E-state index in [4.69, 9.17) is 0 Å². The van der Waals surface area contributed by atoms with Crippen molar-refractivity contribution in [3.05, 3.63) is 71.3 Å². The fourth-order valence-electron chi connectivity index (χ4n) is 3.81. The first-order chi connectivity index (χ1) is 15.1. The summed E-state index contributed by atoms with van der Waals surface area (Å²) < 4.78 is 27.0. The third kappa shape index (κ3) is 6.89. The van der Waals surface area contributed by atoms with E-state index in [1.807, 2.05) is 30.3 Å². The minimum absolute atomic E-state index is 0.0225. The Morgan fingerprint density at radius 2 is 1.56 bits per heavy atom. The molecule has 32 heavy (non-hydrogen) atoms. The molecule has 0 bridgehead atoms. The van der Waals surface area contributed by atoms with Gasteiger partial charge in [-0.15, -0.1) is 0 Å². The van der Waals surface area contributed by atoms with Gasteiger partial charge in [-0.25, -0.2) is 8.42 Å². The van der Waals surface area contributed by atoms with Gasteiger partial charge in [0.1, 0.15) is 0 Å². The maximum atomic E-state index is 12.7. The van der Waals surface area contributed by atoms with Crippen LogP contribution in [0.3, 0.4) is 0 Å². The van der Waals surface area contributed by atoms with Crippen molar-refractivity contribution >= 4 is 15.9 Å². The second-order valence-corrected chi connectivity index (χ2v) is 11.5. The summed E-state index contributed by atoms with van der Waals surface area (Å²) in [5.41, 5.74) is 3.02. The zero-order valence-corrected chi connectivity index (χ0v) is 20.2. The molecule has 1 aliphatic heterocycles. The second kappa shape index (κ2) is 10.6. The molecule has 0 unspecified atom stereocenters. The Morgan fingerprint density at radius 3 is 2.16 bits per heavy atom. The number of piperazine rings is 1. The van der Waals surface area contributed by atoms with Gasteiger partial charge in [0.25, 0.3) is 5.91 Å². The average molecular weight is 458 g/mol. The molecule has 0 radical (unpaired) electrons. The Labute approximate surface area is 192 Å². The summed E-state index contributed by atoms with van der Waals surface area (Å²) in [5, 5.41) is 2.74. The molecule has 2 aromatic carbocycles. The number of amides is 1. The van der Waals surface area contributed by atoms with Gasteiger partial charge < -0.3 is 10.2 Å². The first-order valence-electron chi connectivity index (χ1n) is 11.3. The first kappa shape index (κ1) is 24.4. The van der Waals surface area contributed by atoms with Crippen molar-refractivity contribution in [2.45, 2.75) is 32.6 Å². The number of rotatable bonds is 8. The van der Waals surface area contributed by atoms with Crippen molar-refractivity contribution in [1.82, 2.24) is 14.5 Å². The average Bonchev–Trinajstić information content (AvgIpc) is 2.78. The van der Waals surface area contributed by atoms with Gasteiger partial charge in [0.15, 0.2) is 0 Å². The van der Waals surface area contributed by atoms with E-state index in [1.165, 1.54) is 5.56 Å². The zero-order valence-electron chi connectivity index (χ0n) is 19.4. The quantitative estimate of drug-likeness (QED) is 0.662. The highest BCUT2D eigenvalue weighted by Gasteiger charge is 2.26. The predicted octanol–water partition coefficient (Wildman–Crippen LogP) is 2.90. The number of nitrogens with one attached hydrogen (secondary N) is 1. The van der Waals surface area contributed by atoms with E-state index in [-0.39, 0.29) is 23.6 Å². The Balaban J connectivity index is 1.41. The lowest BCUT2D eigenvalue weighted by Crippen LogP contribution is -2.50. The van der Waals surface area contributed by atoms with E-state index in [0.717, 1.165) is 31.6 Å². The van der Waals surface area contributed by atoms with Gasteiger partial charge >= 0.3 is 0 Å². The summed E-state index contributed by atoms with van der Waals surface area (Å²) in [7, 11) is -3.39. The van der Waals surface area contributed by atoms with Crippen LogP contribution in [0.15, 0.2) is 54.6 Å². The van der Waals surface area contributed by atoms with E-state index in [9.17, 15) is 13.2 Å². The summed E-state index contributed by atoms with van der Waals surface area (Å²) in [6, 6.07) is 17.8. The summed E-state index contributed by atoms with van der Waals surface area (Å²) in [5.74, 6) is -0.325. The minimum atomic E-state index is -3.39. The molecule has 0 spiro atoms. The van der Waals surface area contributed by atoms with E-state index >= 15 is 0 Å². The van der Waals surface area contributed by atoms with E-state index in [2.05, 4.69) is 43.1 Å². The van der Waals surface area contributed by atoms with Crippen molar-refractivity contribution < 1.29 is 13.2 Å². The number of benzene rings is 2. The second-order valence-electron chi connectivity index (χ2n) is 9.38. The lowest BCUT2D eigenvalue weighted by atomic mass is 9.87. The van der Waals surface area contributed by atoms with Crippen molar-refractivity contribution in [2.24, 2.45) is 0 Å². The van der Waals surface area contributed by atoms with Crippen LogP contribution in [0.5, 0.6) is 0 Å². The van der Waals surface area contributed by atoms with Crippen molar-refractivity contribution in [3.8, 4) is 0 Å². The van der Waals surface area contributed by atoms with Crippen molar-refractivity contribution in [2.75, 3.05) is 45.0 Å². The SMILES string of the molecule is CC(C)(C)c1ccc(C(=O)NCCS(=O)(=O)N2CCN(CCc3ccccc3)CC2)cc1. The van der Waals surface area contributed by atoms with Crippen molar-refractivity contribution in [3.63, 3.8) is 0 Å². The fraction of sp³-hybridized carbons (Fsp3) is 0.480. The molecule has 1 heterocycles. The van der Waals surface area contributed by atoms with Crippen LogP contribution in [0.1, 0.15) is 42.3 Å². The number of carbonyl (C=O) groups excluding carboxylic acids is 1. The van der Waals surface area contributed by atoms with Gasteiger partial charge in [0.2, 0.25) is 10.0 Å². The highest BCUT2D eigenvalue weighted by atomic mass is 32.2. The summed E-state index contributed by atoms with van der Waals surface area (Å²) >= 11 is 0. The number of hydrogen-bond donors (Lipinski definition) is 1. The van der Waals surface area contributed by atoms with Crippen LogP contribution in [0, 0.1) is 0 Å². The van der Waals surface area contributed by atoms with E-state index in [0.29, 0.717) is 18.7 Å². The molecule has 1 amide bonds. The number of carbonyl (C=O) groups is 1. The van der Waals surface area contributed by atoms with Crippen molar-refractivity contribution in [1.29, 1.82) is 0 Å². The highest BCUT2D eigenvalue weighted by molar-refractivity contribution is 7.89. The largest absolute Gasteiger partial charge is 0.351 e. The Bertz CT molecular complexity index is 975. The van der Waals surface area contributed by atoms with Gasteiger partial charge in [0.05, 0.1) is 5.75 Å². The van der Waals surface area contributed by atoms with Gasteiger partial charge in [-0.05, 0) is 35.1 Å². The Morgan fingerprint density at radius 1 is 0.938 bits per heavy atom. The molecule has 1 aliphatic rings. The van der Waals surface area contributed by atoms with Crippen LogP contribution in [-0.2, 0) is 21.9 Å². The molecule has 0 aliphatic carbocycles. The number of nitrogens with zero attached hydrogens (tertiary/aromatic N) is 2. The van der Waals surface area contributed by atoms with Crippen LogP contribution in [-0.4, -0.2) is 68.6 Å². The molecule has 0 saturated carbocycles. The monoisotopic (exact) mass is 457 g/mol. The molecule has 174 valence electrons. The lowest BCUT2D eigenvalue weighted by molar-refractivity contribution is 0.0956.